The molecule has 0 aromatic carbocycles. The Morgan fingerprint density at radius 1 is 0.692 bits per heavy atom. The van der Waals surface area contributed by atoms with E-state index in [2.05, 4.69) is 9.47 Å². The van der Waals surface area contributed by atoms with Crippen molar-refractivity contribution in [3.63, 3.8) is 0 Å². The van der Waals surface area contributed by atoms with Gasteiger partial charge in [0.15, 0.2) is 24.4 Å². The van der Waals surface area contributed by atoms with Crippen molar-refractivity contribution in [1.29, 1.82) is 0 Å². The average molecular weight is 378 g/mol. The Hall–Kier alpha value is -2.20. The molecule has 150 valence electrons. The Labute approximate surface area is 152 Å². The van der Waals surface area contributed by atoms with Crippen LogP contribution >= 0.6 is 0 Å². The van der Waals surface area contributed by atoms with Gasteiger partial charge in [-0.1, -0.05) is 0 Å². The molecular formula is C16H26O10. The largest absolute Gasteiger partial charge is 0.449 e. The van der Waals surface area contributed by atoms with E-state index in [1.54, 1.807) is 6.92 Å². The lowest BCUT2D eigenvalue weighted by Gasteiger charge is -2.17. The first kappa shape index (κ1) is 23.8. The lowest BCUT2D eigenvalue weighted by Crippen LogP contribution is -2.34. The second-order valence-corrected chi connectivity index (χ2v) is 5.18. The molecule has 0 spiro atoms. The summed E-state index contributed by atoms with van der Waals surface area (Å²) in [5.74, 6) is -3.28. The summed E-state index contributed by atoms with van der Waals surface area (Å²) in [6.07, 6.45) is -4.07. The van der Waals surface area contributed by atoms with Gasteiger partial charge in [0, 0.05) is 13.7 Å². The molecule has 0 saturated carbocycles. The van der Waals surface area contributed by atoms with Crippen LogP contribution in [0.5, 0.6) is 0 Å². The van der Waals surface area contributed by atoms with E-state index in [0.717, 1.165) is 0 Å². The molecule has 0 rings (SSSR count). The van der Waals surface area contributed by atoms with Gasteiger partial charge < -0.3 is 28.4 Å². The van der Waals surface area contributed by atoms with E-state index < -0.39 is 55.1 Å². The molecule has 0 radical (unpaired) electrons. The average Bonchev–Trinajstić information content (AvgIpc) is 2.60. The Kier molecular flexibility index (Phi) is 11.2. The molecular weight excluding hydrogens is 352 g/mol. The van der Waals surface area contributed by atoms with Crippen LogP contribution in [0.1, 0.15) is 34.6 Å². The number of hydrogen-bond donors (Lipinski definition) is 0. The molecule has 0 N–H and O–H groups in total. The maximum atomic E-state index is 11.7. The second kappa shape index (κ2) is 12.2. The highest BCUT2D eigenvalue weighted by atomic mass is 16.7. The molecule has 0 aromatic heterocycles. The highest BCUT2D eigenvalue weighted by Gasteiger charge is 2.25. The number of esters is 4. The lowest BCUT2D eigenvalue weighted by atomic mass is 10.4. The van der Waals surface area contributed by atoms with Crippen molar-refractivity contribution in [2.24, 2.45) is 0 Å². The predicted molar refractivity (Wildman–Crippen MR) is 85.7 cm³/mol. The molecule has 0 heterocycles. The van der Waals surface area contributed by atoms with Gasteiger partial charge in [-0.3, -0.25) is 0 Å². The van der Waals surface area contributed by atoms with Crippen molar-refractivity contribution in [3.8, 4) is 0 Å². The Balaban J connectivity index is 4.21. The van der Waals surface area contributed by atoms with Crippen LogP contribution in [-0.2, 0) is 47.6 Å². The lowest BCUT2D eigenvalue weighted by molar-refractivity contribution is -0.188. The van der Waals surface area contributed by atoms with Crippen molar-refractivity contribution in [1.82, 2.24) is 0 Å². The fraction of sp³-hybridized carbons (Fsp3) is 0.750. The SMILES string of the molecule is CCOC(C)C(=O)OC(C)C(=O)OCOC(=O)C(C)OC(=O)C(C)OC. The Morgan fingerprint density at radius 3 is 1.50 bits per heavy atom. The van der Waals surface area contributed by atoms with Crippen LogP contribution in [-0.4, -0.2) is 68.8 Å². The molecule has 10 heteroatoms. The van der Waals surface area contributed by atoms with E-state index in [4.69, 9.17) is 18.9 Å². The molecule has 0 bridgehead atoms. The summed E-state index contributed by atoms with van der Waals surface area (Å²) < 4.78 is 28.8. The Bertz CT molecular complexity index is 489. The van der Waals surface area contributed by atoms with E-state index >= 15 is 0 Å². The number of methoxy groups -OCH3 is 1. The number of hydrogen-bond acceptors (Lipinski definition) is 10. The van der Waals surface area contributed by atoms with Crippen molar-refractivity contribution in [3.05, 3.63) is 0 Å². The third-order valence-electron chi connectivity index (χ3n) is 3.09. The topological polar surface area (TPSA) is 124 Å². The molecule has 0 aliphatic heterocycles. The molecule has 0 aromatic rings. The van der Waals surface area contributed by atoms with Crippen LogP contribution in [0.4, 0.5) is 0 Å². The highest BCUT2D eigenvalue weighted by Crippen LogP contribution is 2.03. The fourth-order valence-corrected chi connectivity index (χ4v) is 1.43. The first-order chi connectivity index (χ1) is 12.1. The zero-order valence-corrected chi connectivity index (χ0v) is 15.8. The summed E-state index contributed by atoms with van der Waals surface area (Å²) >= 11 is 0. The van der Waals surface area contributed by atoms with Crippen molar-refractivity contribution in [2.45, 2.75) is 59.0 Å². The summed E-state index contributed by atoms with van der Waals surface area (Å²) in [5, 5.41) is 0. The fourth-order valence-electron chi connectivity index (χ4n) is 1.43. The van der Waals surface area contributed by atoms with Gasteiger partial charge in [0.25, 0.3) is 0 Å². The number of rotatable bonds is 11. The van der Waals surface area contributed by atoms with Gasteiger partial charge in [0.05, 0.1) is 0 Å². The van der Waals surface area contributed by atoms with Crippen LogP contribution in [0.25, 0.3) is 0 Å². The van der Waals surface area contributed by atoms with Gasteiger partial charge in [0.1, 0.15) is 0 Å². The number of carbonyl (C=O) groups excluding carboxylic acids is 4. The van der Waals surface area contributed by atoms with E-state index in [0.29, 0.717) is 6.61 Å². The van der Waals surface area contributed by atoms with Gasteiger partial charge in [-0.2, -0.15) is 0 Å². The molecule has 0 aliphatic rings. The van der Waals surface area contributed by atoms with Gasteiger partial charge in [-0.25, -0.2) is 19.2 Å². The van der Waals surface area contributed by atoms with E-state index in [-0.39, 0.29) is 0 Å². The van der Waals surface area contributed by atoms with E-state index in [1.165, 1.54) is 34.8 Å². The Morgan fingerprint density at radius 2 is 1.12 bits per heavy atom. The van der Waals surface area contributed by atoms with Gasteiger partial charge in [0.2, 0.25) is 6.79 Å². The maximum Gasteiger partial charge on any atom is 0.350 e. The molecule has 0 saturated heterocycles. The van der Waals surface area contributed by atoms with E-state index in [1.807, 2.05) is 0 Å². The van der Waals surface area contributed by atoms with Crippen molar-refractivity contribution < 1.29 is 47.6 Å². The molecule has 0 aliphatic carbocycles. The molecule has 4 unspecified atom stereocenters. The zero-order valence-electron chi connectivity index (χ0n) is 15.8. The van der Waals surface area contributed by atoms with Crippen molar-refractivity contribution in [2.75, 3.05) is 20.5 Å². The number of ether oxygens (including phenoxy) is 6. The van der Waals surface area contributed by atoms with E-state index in [9.17, 15) is 19.2 Å². The summed E-state index contributed by atoms with van der Waals surface area (Å²) in [7, 11) is 1.32. The van der Waals surface area contributed by atoms with Crippen LogP contribution in [0.3, 0.4) is 0 Å². The molecule has 4 atom stereocenters. The molecule has 0 amide bonds. The first-order valence-electron chi connectivity index (χ1n) is 8.02. The van der Waals surface area contributed by atoms with Crippen LogP contribution < -0.4 is 0 Å². The monoisotopic (exact) mass is 378 g/mol. The van der Waals surface area contributed by atoms with Crippen molar-refractivity contribution >= 4 is 23.9 Å². The smallest absolute Gasteiger partial charge is 0.350 e. The molecule has 0 fully saturated rings. The quantitative estimate of drug-likeness (QED) is 0.283. The standard InChI is InChI=1S/C16H26O10/c1-7-22-10(3)16(20)26-12(5)14(18)24-8-23-13(17)11(4)25-15(19)9(2)21-6/h9-12H,7-8H2,1-6H3. The minimum atomic E-state index is -1.21. The third kappa shape index (κ3) is 8.77. The van der Waals surface area contributed by atoms with Crippen LogP contribution in [0, 0.1) is 0 Å². The third-order valence-corrected chi connectivity index (χ3v) is 3.09. The normalized spacial score (nSPS) is 15.2. The van der Waals surface area contributed by atoms with Gasteiger partial charge >= 0.3 is 23.9 Å². The van der Waals surface area contributed by atoms with Crippen LogP contribution in [0.15, 0.2) is 0 Å². The summed E-state index contributed by atoms with van der Waals surface area (Å²) in [5.41, 5.74) is 0. The minimum absolute atomic E-state index is 0.316. The summed E-state index contributed by atoms with van der Waals surface area (Å²) in [6, 6.07) is 0. The summed E-state index contributed by atoms with van der Waals surface area (Å²) in [4.78, 5) is 46.4. The zero-order chi connectivity index (χ0) is 20.3. The number of carbonyl (C=O) groups is 4. The second-order valence-electron chi connectivity index (χ2n) is 5.18. The molecule has 10 nitrogen and oxygen atoms in total. The van der Waals surface area contributed by atoms with Gasteiger partial charge in [-0.05, 0) is 34.6 Å². The van der Waals surface area contributed by atoms with Gasteiger partial charge in [-0.15, -0.1) is 0 Å². The highest BCUT2D eigenvalue weighted by molar-refractivity contribution is 5.82. The van der Waals surface area contributed by atoms with Crippen LogP contribution in [0.2, 0.25) is 0 Å². The predicted octanol–water partition coefficient (Wildman–Crippen LogP) is 0.354. The minimum Gasteiger partial charge on any atom is -0.449 e. The summed E-state index contributed by atoms with van der Waals surface area (Å²) in [6.45, 7) is 6.85. The maximum absolute atomic E-state index is 11.7. The first-order valence-corrected chi connectivity index (χ1v) is 8.02. The molecule has 26 heavy (non-hydrogen) atoms.